The van der Waals surface area contributed by atoms with Crippen molar-refractivity contribution in [2.75, 3.05) is 31.7 Å². The molecule has 2 amide bonds. The van der Waals surface area contributed by atoms with Gasteiger partial charge in [-0.25, -0.2) is 0 Å². The first-order valence-electron chi connectivity index (χ1n) is 7.08. The van der Waals surface area contributed by atoms with E-state index in [1.807, 2.05) is 0 Å². The van der Waals surface area contributed by atoms with E-state index in [4.69, 9.17) is 5.73 Å². The monoisotopic (exact) mass is 310 g/mol. The van der Waals surface area contributed by atoms with Gasteiger partial charge in [-0.2, -0.15) is 0 Å². The summed E-state index contributed by atoms with van der Waals surface area (Å²) in [6.45, 7) is 2.98. The molecular weight excluding hydrogens is 288 g/mol. The van der Waals surface area contributed by atoms with E-state index in [1.54, 1.807) is 14.1 Å². The van der Waals surface area contributed by atoms with Crippen molar-refractivity contribution in [3.8, 4) is 0 Å². The van der Waals surface area contributed by atoms with Crippen LogP contribution in [-0.2, 0) is 0 Å². The van der Waals surface area contributed by atoms with E-state index in [9.17, 15) is 9.59 Å². The minimum atomic E-state index is -0.275. The van der Waals surface area contributed by atoms with Crippen LogP contribution in [0, 0.1) is 5.41 Å². The van der Waals surface area contributed by atoms with Gasteiger partial charge in [0.15, 0.2) is 0 Å². The number of thiophene rings is 1. The van der Waals surface area contributed by atoms with E-state index in [0.29, 0.717) is 20.9 Å². The van der Waals surface area contributed by atoms with Crippen LogP contribution in [-0.4, -0.2) is 32.5 Å². The van der Waals surface area contributed by atoms with Gasteiger partial charge in [0.05, 0.1) is 11.3 Å². The lowest BCUT2D eigenvalue weighted by atomic mass is 10.0. The molecule has 1 aliphatic carbocycles. The molecule has 0 radical (unpaired) electrons. The van der Waals surface area contributed by atoms with Gasteiger partial charge in [0, 0.05) is 20.6 Å². The van der Waals surface area contributed by atoms with Crippen molar-refractivity contribution in [2.45, 2.75) is 26.2 Å². The van der Waals surface area contributed by atoms with E-state index >= 15 is 0 Å². The molecule has 1 aromatic rings. The topological polar surface area (TPSA) is 96.2 Å². The van der Waals surface area contributed by atoms with E-state index in [1.165, 1.54) is 24.2 Å². The maximum Gasteiger partial charge on any atom is 0.263 e. The molecule has 0 spiro atoms. The minimum absolute atomic E-state index is 0.238. The van der Waals surface area contributed by atoms with Gasteiger partial charge in [-0.1, -0.05) is 6.92 Å². The fourth-order valence-corrected chi connectivity index (χ4v) is 3.36. The summed E-state index contributed by atoms with van der Waals surface area (Å²) in [5, 5.41) is 9.11. The zero-order chi connectivity index (χ0) is 15.6. The molecule has 0 bridgehead atoms. The highest BCUT2D eigenvalue weighted by atomic mass is 32.1. The largest absolute Gasteiger partial charge is 0.397 e. The van der Waals surface area contributed by atoms with Crippen molar-refractivity contribution in [1.82, 2.24) is 10.6 Å². The quantitative estimate of drug-likeness (QED) is 0.642. The van der Waals surface area contributed by atoms with Crippen LogP contribution in [0.2, 0.25) is 0 Å². The van der Waals surface area contributed by atoms with Crippen molar-refractivity contribution < 1.29 is 9.59 Å². The molecule has 1 fully saturated rings. The predicted molar refractivity (Wildman–Crippen MR) is 86.0 cm³/mol. The average Bonchev–Trinajstić information content (AvgIpc) is 3.21. The lowest BCUT2D eigenvalue weighted by Crippen LogP contribution is -2.22. The van der Waals surface area contributed by atoms with Crippen molar-refractivity contribution >= 4 is 33.8 Å². The molecule has 1 aliphatic rings. The van der Waals surface area contributed by atoms with Crippen molar-refractivity contribution in [2.24, 2.45) is 5.41 Å². The average molecular weight is 310 g/mol. The molecule has 0 unspecified atom stereocenters. The Labute approximate surface area is 128 Å². The summed E-state index contributed by atoms with van der Waals surface area (Å²) in [6.07, 6.45) is 3.52. The summed E-state index contributed by atoms with van der Waals surface area (Å²) in [4.78, 5) is 24.2. The van der Waals surface area contributed by atoms with Gasteiger partial charge in [-0.15, -0.1) is 11.3 Å². The van der Waals surface area contributed by atoms with Gasteiger partial charge >= 0.3 is 0 Å². The molecule has 1 aromatic heterocycles. The van der Waals surface area contributed by atoms with Crippen molar-refractivity contribution in [3.63, 3.8) is 0 Å². The number of hydrogen-bond acceptors (Lipinski definition) is 5. The van der Waals surface area contributed by atoms with Crippen LogP contribution in [0.15, 0.2) is 0 Å². The van der Waals surface area contributed by atoms with Gasteiger partial charge in [-0.3, -0.25) is 9.59 Å². The molecule has 2 rings (SSSR count). The lowest BCUT2D eigenvalue weighted by Gasteiger charge is -2.14. The maximum absolute atomic E-state index is 12.0. The highest BCUT2D eigenvalue weighted by molar-refractivity contribution is 7.19. The Bertz CT molecular complexity index is 564. The van der Waals surface area contributed by atoms with Crippen LogP contribution < -0.4 is 21.7 Å². The Morgan fingerprint density at radius 1 is 1.24 bits per heavy atom. The summed E-state index contributed by atoms with van der Waals surface area (Å²) in [5.41, 5.74) is 6.94. The number of hydrogen-bond donors (Lipinski definition) is 4. The number of nitrogens with two attached hydrogens (primary N) is 1. The molecule has 6 nitrogen and oxygen atoms in total. The summed E-state index contributed by atoms with van der Waals surface area (Å²) >= 11 is 1.23. The van der Waals surface area contributed by atoms with Gasteiger partial charge in [0.1, 0.15) is 9.88 Å². The smallest absolute Gasteiger partial charge is 0.263 e. The summed E-state index contributed by atoms with van der Waals surface area (Å²) < 4.78 is 0. The predicted octanol–water partition coefficient (Wildman–Crippen LogP) is 1.65. The SMILES string of the molecule is CCC1(CNc2sc(C(=O)NC)c(N)c2C(=O)NC)CC1. The number of amides is 2. The van der Waals surface area contributed by atoms with E-state index in [-0.39, 0.29) is 17.5 Å². The lowest BCUT2D eigenvalue weighted by molar-refractivity contribution is 0.0963. The summed E-state index contributed by atoms with van der Waals surface area (Å²) in [5.74, 6) is -0.546. The highest BCUT2D eigenvalue weighted by Gasteiger charge is 2.40. The third-order valence-electron chi connectivity index (χ3n) is 4.16. The fourth-order valence-electron chi connectivity index (χ4n) is 2.30. The highest BCUT2D eigenvalue weighted by Crippen LogP contribution is 2.49. The van der Waals surface area contributed by atoms with Crippen LogP contribution in [0.25, 0.3) is 0 Å². The van der Waals surface area contributed by atoms with Crippen LogP contribution in [0.1, 0.15) is 46.2 Å². The van der Waals surface area contributed by atoms with E-state index < -0.39 is 0 Å². The maximum atomic E-state index is 12.0. The van der Waals surface area contributed by atoms with Gasteiger partial charge in [0.25, 0.3) is 11.8 Å². The molecule has 21 heavy (non-hydrogen) atoms. The number of nitrogen functional groups attached to an aromatic ring is 1. The molecule has 0 saturated heterocycles. The second kappa shape index (κ2) is 5.93. The normalized spacial score (nSPS) is 15.4. The van der Waals surface area contributed by atoms with E-state index in [0.717, 1.165) is 13.0 Å². The van der Waals surface area contributed by atoms with Crippen LogP contribution in [0.4, 0.5) is 10.7 Å². The Kier molecular flexibility index (Phi) is 4.41. The molecule has 1 heterocycles. The van der Waals surface area contributed by atoms with Gasteiger partial charge in [-0.05, 0) is 24.7 Å². The Morgan fingerprint density at radius 2 is 1.86 bits per heavy atom. The molecule has 0 atom stereocenters. The Morgan fingerprint density at radius 3 is 2.33 bits per heavy atom. The zero-order valence-corrected chi connectivity index (χ0v) is 13.4. The number of carbonyl (C=O) groups is 2. The molecule has 5 N–H and O–H groups in total. The first kappa shape index (κ1) is 15.6. The third kappa shape index (κ3) is 2.97. The Balaban J connectivity index is 2.29. The first-order chi connectivity index (χ1) is 9.98. The van der Waals surface area contributed by atoms with Crippen LogP contribution >= 0.6 is 11.3 Å². The zero-order valence-electron chi connectivity index (χ0n) is 12.6. The fraction of sp³-hybridized carbons (Fsp3) is 0.571. The second-order valence-electron chi connectivity index (χ2n) is 5.41. The first-order valence-corrected chi connectivity index (χ1v) is 7.90. The van der Waals surface area contributed by atoms with E-state index in [2.05, 4.69) is 22.9 Å². The van der Waals surface area contributed by atoms with Gasteiger partial charge < -0.3 is 21.7 Å². The van der Waals surface area contributed by atoms with Crippen molar-refractivity contribution in [1.29, 1.82) is 0 Å². The number of rotatable bonds is 6. The number of anilines is 2. The standard InChI is InChI=1S/C14H22N4O2S/c1-4-14(5-6-14)7-18-13-8(11(19)16-2)9(15)10(21-13)12(20)17-3/h18H,4-7,15H2,1-3H3,(H,16,19)(H,17,20). The molecule has 0 aliphatic heterocycles. The summed E-state index contributed by atoms with van der Waals surface area (Å²) in [7, 11) is 3.10. The molecule has 0 aromatic carbocycles. The molecule has 7 heteroatoms. The summed E-state index contributed by atoms with van der Waals surface area (Å²) in [6, 6.07) is 0. The van der Waals surface area contributed by atoms with Crippen LogP contribution in [0.3, 0.4) is 0 Å². The molecular formula is C14H22N4O2S. The molecule has 1 saturated carbocycles. The van der Waals surface area contributed by atoms with Crippen LogP contribution in [0.5, 0.6) is 0 Å². The Hall–Kier alpha value is -1.76. The minimum Gasteiger partial charge on any atom is -0.397 e. The van der Waals surface area contributed by atoms with Gasteiger partial charge in [0.2, 0.25) is 0 Å². The third-order valence-corrected chi connectivity index (χ3v) is 5.33. The number of carbonyl (C=O) groups excluding carboxylic acids is 2. The molecule has 116 valence electrons. The van der Waals surface area contributed by atoms with Crippen molar-refractivity contribution in [3.05, 3.63) is 10.4 Å². The number of nitrogens with one attached hydrogen (secondary N) is 3. The second-order valence-corrected chi connectivity index (χ2v) is 6.43.